The molecule has 1 aromatic carbocycles. The molecule has 0 fully saturated rings. The molecule has 0 amide bonds. The van der Waals surface area contributed by atoms with E-state index in [2.05, 4.69) is 6.92 Å². The van der Waals surface area contributed by atoms with Crippen LogP contribution >= 0.6 is 0 Å². The molecule has 0 radical (unpaired) electrons. The highest BCUT2D eigenvalue weighted by molar-refractivity contribution is 5.81. The molecule has 0 aliphatic rings. The maximum atomic E-state index is 13.8. The Morgan fingerprint density at radius 3 is 1.87 bits per heavy atom. The van der Waals surface area contributed by atoms with Crippen molar-refractivity contribution in [2.45, 2.75) is 101 Å². The van der Waals surface area contributed by atoms with Gasteiger partial charge in [0.15, 0.2) is 0 Å². The van der Waals surface area contributed by atoms with Gasteiger partial charge in [-0.05, 0) is 54.4 Å². The van der Waals surface area contributed by atoms with E-state index < -0.39 is 33.5 Å². The third kappa shape index (κ3) is 7.43. The third-order valence-corrected chi connectivity index (χ3v) is 9.31. The lowest BCUT2D eigenvalue weighted by molar-refractivity contribution is -0.185. The van der Waals surface area contributed by atoms with Crippen LogP contribution in [0.2, 0.25) is 0 Å². The lowest BCUT2D eigenvalue weighted by Crippen LogP contribution is -2.57. The van der Waals surface area contributed by atoms with Crippen LogP contribution in [0.1, 0.15) is 107 Å². The van der Waals surface area contributed by atoms with E-state index in [1.807, 2.05) is 92.6 Å². The van der Waals surface area contributed by atoms with Gasteiger partial charge in [-0.1, -0.05) is 99.1 Å². The average molecular weight is 547 g/mol. The molecule has 0 N–H and O–H groups in total. The number of rotatable bonds is 15. The second kappa shape index (κ2) is 13.8. The summed E-state index contributed by atoms with van der Waals surface area (Å²) in [6, 6.07) is 9.57. The Morgan fingerprint density at radius 2 is 1.41 bits per heavy atom. The quantitative estimate of drug-likeness (QED) is 0.128. The topological polar surface area (TPSA) is 78.9 Å². The summed E-state index contributed by atoms with van der Waals surface area (Å²) in [5.41, 5.74) is -2.34. The van der Waals surface area contributed by atoms with Crippen molar-refractivity contribution in [3.05, 3.63) is 35.9 Å². The van der Waals surface area contributed by atoms with Crippen molar-refractivity contribution in [1.29, 1.82) is 0 Å². The normalized spacial score (nSPS) is 15.7. The molecule has 3 atom stereocenters. The number of methoxy groups -OCH3 is 1. The fraction of sp³-hybridized carbons (Fsp3) is 0.727. The van der Waals surface area contributed by atoms with Gasteiger partial charge in [0.25, 0.3) is 0 Å². The molecule has 6 nitrogen and oxygen atoms in total. The first-order valence-corrected chi connectivity index (χ1v) is 14.4. The highest BCUT2D eigenvalue weighted by Gasteiger charge is 2.61. The van der Waals surface area contributed by atoms with Gasteiger partial charge in [0.2, 0.25) is 0 Å². The first-order valence-electron chi connectivity index (χ1n) is 14.4. The molecule has 222 valence electrons. The fourth-order valence-electron chi connectivity index (χ4n) is 6.47. The smallest absolute Gasteiger partial charge is 0.313 e. The summed E-state index contributed by atoms with van der Waals surface area (Å²) in [6.07, 6.45) is 2.08. The summed E-state index contributed by atoms with van der Waals surface area (Å²) in [5, 5.41) is 0. The van der Waals surface area contributed by atoms with Gasteiger partial charge in [-0.3, -0.25) is 14.4 Å². The number of hydrogen-bond donors (Lipinski definition) is 0. The van der Waals surface area contributed by atoms with E-state index >= 15 is 0 Å². The van der Waals surface area contributed by atoms with Gasteiger partial charge >= 0.3 is 17.9 Å². The second-order valence-electron chi connectivity index (χ2n) is 13.2. The number of carbonyl (C=O) groups excluding carboxylic acids is 3. The standard InChI is InChI=1S/C33H54O6/c1-13-15-21-39-27(34)25(23(3)4)31(7,8)32(9,10)33(11,29(36)37-12)22-30(5,6)26(28(35)38-14-2)24-19-17-16-18-20-24/h16-20,23,25-26H,13-15,21-22H2,1-12H3. The zero-order valence-electron chi connectivity index (χ0n) is 26.6. The summed E-state index contributed by atoms with van der Waals surface area (Å²) in [5.74, 6) is -1.99. The highest BCUT2D eigenvalue weighted by atomic mass is 16.5. The van der Waals surface area contributed by atoms with Crippen LogP contribution in [0.3, 0.4) is 0 Å². The minimum absolute atomic E-state index is 0.0140. The summed E-state index contributed by atoms with van der Waals surface area (Å²) in [7, 11) is 1.40. The van der Waals surface area contributed by atoms with Crippen molar-refractivity contribution in [3.63, 3.8) is 0 Å². The first kappa shape index (κ1) is 34.7. The van der Waals surface area contributed by atoms with Crippen molar-refractivity contribution in [2.24, 2.45) is 33.5 Å². The van der Waals surface area contributed by atoms with Crippen LogP contribution in [0.15, 0.2) is 30.3 Å². The van der Waals surface area contributed by atoms with Crippen LogP contribution in [0.5, 0.6) is 0 Å². The Balaban J connectivity index is 3.69. The maximum absolute atomic E-state index is 13.8. The Labute approximate surface area is 237 Å². The van der Waals surface area contributed by atoms with Crippen LogP contribution in [0.25, 0.3) is 0 Å². The predicted octanol–water partition coefficient (Wildman–Crippen LogP) is 7.60. The summed E-state index contributed by atoms with van der Waals surface area (Å²) in [6.45, 7) is 22.6. The van der Waals surface area contributed by atoms with Crippen molar-refractivity contribution >= 4 is 17.9 Å². The van der Waals surface area contributed by atoms with Gasteiger partial charge in [-0.15, -0.1) is 0 Å². The SMILES string of the molecule is CCCCOC(=O)C(C(C)C)C(C)(C)C(C)(C)C(C)(CC(C)(C)C(C(=O)OCC)c1ccccc1)C(=O)OC. The number of unbranched alkanes of at least 4 members (excludes halogenated alkanes) is 1. The minimum atomic E-state index is -1.06. The zero-order valence-corrected chi connectivity index (χ0v) is 26.6. The largest absolute Gasteiger partial charge is 0.469 e. The molecule has 1 aromatic rings. The number of carbonyl (C=O) groups is 3. The zero-order chi connectivity index (χ0) is 30.2. The Kier molecular flexibility index (Phi) is 12.3. The molecule has 0 aliphatic carbocycles. The van der Waals surface area contributed by atoms with Crippen molar-refractivity contribution in [1.82, 2.24) is 0 Å². The van der Waals surface area contributed by atoms with Gasteiger partial charge in [-0.2, -0.15) is 0 Å². The Bertz CT molecular complexity index is 946. The second-order valence-corrected chi connectivity index (χ2v) is 13.2. The maximum Gasteiger partial charge on any atom is 0.313 e. The van der Waals surface area contributed by atoms with Crippen molar-refractivity contribution in [3.8, 4) is 0 Å². The van der Waals surface area contributed by atoms with E-state index in [-0.39, 0.29) is 30.4 Å². The molecule has 0 aliphatic heterocycles. The van der Waals surface area contributed by atoms with E-state index in [0.717, 1.165) is 18.4 Å². The van der Waals surface area contributed by atoms with Crippen LogP contribution in [-0.2, 0) is 28.6 Å². The first-order chi connectivity index (χ1) is 18.0. The molecule has 3 unspecified atom stereocenters. The summed E-state index contributed by atoms with van der Waals surface area (Å²) < 4.78 is 16.7. The molecule has 0 bridgehead atoms. The average Bonchev–Trinajstić information content (AvgIpc) is 2.83. The molecule has 0 saturated heterocycles. The monoisotopic (exact) mass is 546 g/mol. The number of hydrogen-bond acceptors (Lipinski definition) is 6. The molecule has 0 aromatic heterocycles. The number of esters is 3. The lowest BCUT2D eigenvalue weighted by Gasteiger charge is -2.57. The van der Waals surface area contributed by atoms with Gasteiger partial charge in [0, 0.05) is 0 Å². The van der Waals surface area contributed by atoms with E-state index in [4.69, 9.17) is 14.2 Å². The predicted molar refractivity (Wildman–Crippen MR) is 156 cm³/mol. The summed E-state index contributed by atoms with van der Waals surface area (Å²) >= 11 is 0. The van der Waals surface area contributed by atoms with E-state index in [1.54, 1.807) is 6.92 Å². The molecule has 0 saturated carbocycles. The van der Waals surface area contributed by atoms with Crippen LogP contribution < -0.4 is 0 Å². The molecule has 0 spiro atoms. The number of ether oxygens (including phenoxy) is 3. The van der Waals surface area contributed by atoms with E-state index in [9.17, 15) is 14.4 Å². The van der Waals surface area contributed by atoms with E-state index in [0.29, 0.717) is 13.0 Å². The van der Waals surface area contributed by atoms with Gasteiger partial charge < -0.3 is 14.2 Å². The highest BCUT2D eigenvalue weighted by Crippen LogP contribution is 2.61. The Hall–Kier alpha value is -2.37. The molecule has 39 heavy (non-hydrogen) atoms. The molecule has 6 heteroatoms. The van der Waals surface area contributed by atoms with Crippen LogP contribution in [0, 0.1) is 33.5 Å². The van der Waals surface area contributed by atoms with Gasteiger partial charge in [-0.25, -0.2) is 0 Å². The minimum Gasteiger partial charge on any atom is -0.469 e. The third-order valence-electron chi connectivity index (χ3n) is 9.31. The van der Waals surface area contributed by atoms with E-state index in [1.165, 1.54) is 7.11 Å². The van der Waals surface area contributed by atoms with Gasteiger partial charge in [0.1, 0.15) is 0 Å². The number of benzene rings is 1. The van der Waals surface area contributed by atoms with Gasteiger partial charge in [0.05, 0.1) is 37.6 Å². The molecular formula is C33H54O6. The van der Waals surface area contributed by atoms with Crippen LogP contribution in [-0.4, -0.2) is 38.2 Å². The van der Waals surface area contributed by atoms with Crippen LogP contribution in [0.4, 0.5) is 0 Å². The lowest BCUT2D eigenvalue weighted by atomic mass is 9.46. The molecule has 0 heterocycles. The Morgan fingerprint density at radius 1 is 0.846 bits per heavy atom. The fourth-order valence-corrected chi connectivity index (χ4v) is 6.47. The molecular weight excluding hydrogens is 492 g/mol. The summed E-state index contributed by atoms with van der Waals surface area (Å²) in [4.78, 5) is 40.6. The molecule has 1 rings (SSSR count). The van der Waals surface area contributed by atoms with Crippen molar-refractivity contribution in [2.75, 3.05) is 20.3 Å². The van der Waals surface area contributed by atoms with Crippen molar-refractivity contribution < 1.29 is 28.6 Å².